The molecule has 0 aromatic rings. The zero-order chi connectivity index (χ0) is 9.81. The first-order valence-electron chi connectivity index (χ1n) is 5.45. The molecule has 0 nitrogen and oxygen atoms in total. The van der Waals surface area contributed by atoms with E-state index in [0.29, 0.717) is 5.92 Å². The Morgan fingerprint density at radius 1 is 1.21 bits per heavy atom. The van der Waals surface area contributed by atoms with Crippen LogP contribution in [-0.4, -0.2) is 4.33 Å². The minimum absolute atomic E-state index is 0.0978. The number of hydrogen-bond donors (Lipinski definition) is 0. The normalized spacial score (nSPS) is 43.3. The van der Waals surface area contributed by atoms with Gasteiger partial charge < -0.3 is 0 Å². The van der Waals surface area contributed by atoms with Gasteiger partial charge >= 0.3 is 0 Å². The van der Waals surface area contributed by atoms with Crippen LogP contribution >= 0.6 is 23.2 Å². The topological polar surface area (TPSA) is 0 Å². The summed E-state index contributed by atoms with van der Waals surface area (Å²) >= 11 is 12.8. The summed E-state index contributed by atoms with van der Waals surface area (Å²) in [6.07, 6.45) is 12.9. The second-order valence-electron chi connectivity index (χ2n) is 4.76. The van der Waals surface area contributed by atoms with Crippen LogP contribution in [0.5, 0.6) is 0 Å². The minimum Gasteiger partial charge on any atom is -0.1000 e. The lowest BCUT2D eigenvalue weighted by atomic mass is 9.84. The molecule has 3 rings (SSSR count). The summed E-state index contributed by atoms with van der Waals surface area (Å²) in [4.78, 5) is 0. The van der Waals surface area contributed by atoms with E-state index in [4.69, 9.17) is 23.2 Å². The molecule has 0 saturated heterocycles. The van der Waals surface area contributed by atoms with Crippen LogP contribution in [0.3, 0.4) is 0 Å². The molecule has 3 aliphatic carbocycles. The molecule has 0 radical (unpaired) electrons. The Labute approximate surface area is 95.0 Å². The number of allylic oxidation sites excluding steroid dienone is 4. The van der Waals surface area contributed by atoms with Crippen LogP contribution in [0.4, 0.5) is 0 Å². The van der Waals surface area contributed by atoms with Gasteiger partial charge in [-0.1, -0.05) is 59.8 Å². The zero-order valence-corrected chi connectivity index (χ0v) is 9.61. The summed E-state index contributed by atoms with van der Waals surface area (Å²) in [5.41, 5.74) is 1.58. The highest BCUT2D eigenvalue weighted by molar-refractivity contribution is 6.52. The highest BCUT2D eigenvalue weighted by Gasteiger charge is 2.75. The predicted octanol–water partition coefficient (Wildman–Crippen LogP) is 4.24. The van der Waals surface area contributed by atoms with Gasteiger partial charge in [0.15, 0.2) is 0 Å². The van der Waals surface area contributed by atoms with E-state index in [2.05, 4.69) is 18.2 Å². The van der Waals surface area contributed by atoms with Gasteiger partial charge in [-0.25, -0.2) is 0 Å². The molecule has 0 aromatic heterocycles. The van der Waals surface area contributed by atoms with Gasteiger partial charge in [0.1, 0.15) is 4.33 Å². The van der Waals surface area contributed by atoms with Crippen molar-refractivity contribution in [1.82, 2.24) is 0 Å². The molecule has 2 saturated carbocycles. The molecular weight excluding hydrogens is 215 g/mol. The Kier molecular flexibility index (Phi) is 1.86. The summed E-state index contributed by atoms with van der Waals surface area (Å²) in [7, 11) is 0. The molecule has 2 unspecified atom stereocenters. The molecule has 0 aliphatic heterocycles. The summed E-state index contributed by atoms with van der Waals surface area (Å²) < 4.78 is -0.504. The molecule has 2 atom stereocenters. The van der Waals surface area contributed by atoms with Crippen molar-refractivity contribution in [2.24, 2.45) is 11.3 Å². The second kappa shape index (κ2) is 2.80. The Hall–Kier alpha value is 0.0600. The maximum Gasteiger partial charge on any atom is 0.135 e. The van der Waals surface area contributed by atoms with Gasteiger partial charge in [-0.05, 0) is 19.3 Å². The quantitative estimate of drug-likeness (QED) is 0.545. The van der Waals surface area contributed by atoms with Crippen molar-refractivity contribution in [3.05, 3.63) is 23.8 Å². The maximum absolute atomic E-state index is 6.42. The van der Waals surface area contributed by atoms with Crippen LogP contribution in [0.1, 0.15) is 32.1 Å². The summed E-state index contributed by atoms with van der Waals surface area (Å²) in [5, 5.41) is 0. The van der Waals surface area contributed by atoms with E-state index >= 15 is 0 Å². The third-order valence-electron chi connectivity index (χ3n) is 4.05. The van der Waals surface area contributed by atoms with E-state index in [0.717, 1.165) is 0 Å². The summed E-state index contributed by atoms with van der Waals surface area (Å²) in [6.45, 7) is 0. The summed E-state index contributed by atoms with van der Waals surface area (Å²) in [6, 6.07) is 0. The third-order valence-corrected chi connectivity index (χ3v) is 5.19. The van der Waals surface area contributed by atoms with Gasteiger partial charge in [0.2, 0.25) is 0 Å². The molecule has 0 spiro atoms. The lowest BCUT2D eigenvalue weighted by molar-refractivity contribution is 0.462. The lowest BCUT2D eigenvalue weighted by Gasteiger charge is -2.20. The van der Waals surface area contributed by atoms with Gasteiger partial charge in [-0.15, -0.1) is 0 Å². The van der Waals surface area contributed by atoms with Crippen molar-refractivity contribution < 1.29 is 0 Å². The number of halogens is 2. The van der Waals surface area contributed by atoms with Crippen molar-refractivity contribution in [3.63, 3.8) is 0 Å². The van der Waals surface area contributed by atoms with Gasteiger partial charge in [-0.3, -0.25) is 0 Å². The van der Waals surface area contributed by atoms with Crippen LogP contribution in [0.2, 0.25) is 0 Å². The molecular formula is C12H14Cl2. The molecule has 0 aromatic carbocycles. The van der Waals surface area contributed by atoms with Crippen molar-refractivity contribution in [1.29, 1.82) is 0 Å². The van der Waals surface area contributed by atoms with Crippen LogP contribution in [0.25, 0.3) is 0 Å². The molecule has 14 heavy (non-hydrogen) atoms. The van der Waals surface area contributed by atoms with Gasteiger partial charge in [0, 0.05) is 11.3 Å². The number of hydrogen-bond acceptors (Lipinski definition) is 0. The van der Waals surface area contributed by atoms with Crippen molar-refractivity contribution in [2.45, 2.75) is 36.4 Å². The highest BCUT2D eigenvalue weighted by Crippen LogP contribution is 2.76. The molecule has 0 N–H and O–H groups in total. The zero-order valence-electron chi connectivity index (χ0n) is 8.10. The third kappa shape index (κ3) is 0.967. The van der Waals surface area contributed by atoms with E-state index in [-0.39, 0.29) is 5.41 Å². The largest absolute Gasteiger partial charge is 0.135 e. The predicted molar refractivity (Wildman–Crippen MR) is 60.7 cm³/mol. The molecule has 0 heterocycles. The highest BCUT2D eigenvalue weighted by atomic mass is 35.5. The molecule has 0 amide bonds. The van der Waals surface area contributed by atoms with E-state index < -0.39 is 4.33 Å². The fourth-order valence-electron chi connectivity index (χ4n) is 3.23. The van der Waals surface area contributed by atoms with Gasteiger partial charge in [-0.2, -0.15) is 0 Å². The lowest BCUT2D eigenvalue weighted by Crippen LogP contribution is -2.09. The molecule has 3 aliphatic rings. The van der Waals surface area contributed by atoms with Crippen LogP contribution in [0.15, 0.2) is 23.8 Å². The smallest absolute Gasteiger partial charge is 0.1000 e. The van der Waals surface area contributed by atoms with Crippen molar-refractivity contribution in [3.8, 4) is 0 Å². The van der Waals surface area contributed by atoms with Crippen LogP contribution < -0.4 is 0 Å². The summed E-state index contributed by atoms with van der Waals surface area (Å²) in [5.74, 6) is 0.420. The average Bonchev–Trinajstić information content (AvgIpc) is 2.62. The molecule has 2 heteroatoms. The van der Waals surface area contributed by atoms with Crippen molar-refractivity contribution in [2.75, 3.05) is 0 Å². The Morgan fingerprint density at radius 3 is 2.93 bits per heavy atom. The minimum atomic E-state index is -0.504. The number of alkyl halides is 2. The monoisotopic (exact) mass is 228 g/mol. The van der Waals surface area contributed by atoms with E-state index in [1.807, 2.05) is 0 Å². The SMILES string of the molecule is ClC1(Cl)C2C3=CC=CC21CCCCC3. The van der Waals surface area contributed by atoms with Crippen LogP contribution in [0, 0.1) is 11.3 Å². The fraction of sp³-hybridized carbons (Fsp3) is 0.667. The second-order valence-corrected chi connectivity index (χ2v) is 6.14. The Morgan fingerprint density at radius 2 is 2.07 bits per heavy atom. The first kappa shape index (κ1) is 9.30. The van der Waals surface area contributed by atoms with Gasteiger partial charge in [0.25, 0.3) is 0 Å². The molecule has 2 bridgehead atoms. The van der Waals surface area contributed by atoms with E-state index in [1.54, 1.807) is 0 Å². The Bertz CT molecular complexity index is 327. The average molecular weight is 229 g/mol. The standard InChI is InChI=1S/C12H14Cl2/c13-12(14)10-9-5-2-1-3-7-11(10,12)8-4-6-9/h4,6,8,10H,1-3,5,7H2. The Balaban J connectivity index is 2.03. The number of rotatable bonds is 0. The molecule has 2 fully saturated rings. The maximum atomic E-state index is 6.42. The fourth-order valence-corrected chi connectivity index (χ4v) is 4.33. The van der Waals surface area contributed by atoms with Crippen LogP contribution in [-0.2, 0) is 0 Å². The first-order chi connectivity index (χ1) is 6.68. The molecule has 76 valence electrons. The van der Waals surface area contributed by atoms with E-state index in [1.165, 1.54) is 37.7 Å². The van der Waals surface area contributed by atoms with E-state index in [9.17, 15) is 0 Å². The van der Waals surface area contributed by atoms with Crippen molar-refractivity contribution >= 4 is 23.2 Å². The first-order valence-corrected chi connectivity index (χ1v) is 6.20. The van der Waals surface area contributed by atoms with Gasteiger partial charge in [0.05, 0.1) is 0 Å².